The van der Waals surface area contributed by atoms with Gasteiger partial charge in [0.2, 0.25) is 0 Å². The van der Waals surface area contributed by atoms with E-state index in [9.17, 15) is 0 Å². The van der Waals surface area contributed by atoms with Gasteiger partial charge in [0.25, 0.3) is 0 Å². The number of rotatable bonds is 0. The van der Waals surface area contributed by atoms with Crippen LogP contribution in [0, 0.1) is 32.1 Å². The van der Waals surface area contributed by atoms with E-state index in [2.05, 4.69) is 62.8 Å². The summed E-state index contributed by atoms with van der Waals surface area (Å²) < 4.78 is 0. The van der Waals surface area contributed by atoms with E-state index in [1.54, 1.807) is 0 Å². The summed E-state index contributed by atoms with van der Waals surface area (Å²) in [5.41, 5.74) is 2.72. The molecule has 0 saturated heterocycles. The third-order valence-electron chi connectivity index (χ3n) is 3.30. The first-order valence-electron chi connectivity index (χ1n) is 6.14. The Bertz CT molecular complexity index is 359. The van der Waals surface area contributed by atoms with Crippen LogP contribution in [0.15, 0.2) is 42.5 Å². The molecular weight excluding hydrogens is 354 g/mol. The standard InChI is InChI=1S/C9H11.C7H9.2ClH.Zr/c1-2-5-9-7-3-6-8(9)4-1;1-6-3-4-7(2)5-6;;;/h1-2,4-6,8-9H,3,7H2;3-5H,1-2H3;2*1H;/q2*-1;;;+4/p-2. The van der Waals surface area contributed by atoms with Gasteiger partial charge in [-0.3, -0.25) is 0 Å². The molecule has 3 heteroatoms. The van der Waals surface area contributed by atoms with Crippen LogP contribution in [0.1, 0.15) is 24.0 Å². The monoisotopic (exact) mass is 372 g/mol. The van der Waals surface area contributed by atoms with Gasteiger partial charge in [-0.1, -0.05) is 38.5 Å². The van der Waals surface area contributed by atoms with Crippen molar-refractivity contribution in [3.05, 3.63) is 60.1 Å². The number of aryl methyl sites for hydroxylation is 2. The molecule has 102 valence electrons. The quantitative estimate of drug-likeness (QED) is 0.479. The molecule has 1 fully saturated rings. The number of fused-ring (bicyclic) bond motifs is 1. The molecule has 0 amide bonds. The molecule has 1 aromatic rings. The van der Waals surface area contributed by atoms with E-state index in [1.807, 2.05) is 0 Å². The second kappa shape index (κ2) is 11.0. The van der Waals surface area contributed by atoms with Crippen molar-refractivity contribution in [3.63, 3.8) is 0 Å². The Balaban J connectivity index is 0. The molecule has 2 atom stereocenters. The largest absolute Gasteiger partial charge is 4.00 e. The smallest absolute Gasteiger partial charge is 1.00 e. The zero-order chi connectivity index (χ0) is 11.4. The van der Waals surface area contributed by atoms with Gasteiger partial charge in [0.1, 0.15) is 0 Å². The van der Waals surface area contributed by atoms with Crippen LogP contribution < -0.4 is 24.8 Å². The predicted octanol–water partition coefficient (Wildman–Crippen LogP) is -1.63. The predicted molar refractivity (Wildman–Crippen MR) is 70.3 cm³/mol. The Kier molecular flexibility index (Phi) is 12.5. The minimum atomic E-state index is 0. The third-order valence-corrected chi connectivity index (χ3v) is 3.30. The van der Waals surface area contributed by atoms with Crippen LogP contribution in [0.3, 0.4) is 0 Å². The fraction of sp³-hybridized carbons (Fsp3) is 0.375. The van der Waals surface area contributed by atoms with Gasteiger partial charge >= 0.3 is 26.2 Å². The second-order valence-electron chi connectivity index (χ2n) is 4.79. The molecule has 0 N–H and O–H groups in total. The third kappa shape index (κ3) is 7.02. The summed E-state index contributed by atoms with van der Waals surface area (Å²) in [5, 5.41) is 0. The molecule has 19 heavy (non-hydrogen) atoms. The van der Waals surface area contributed by atoms with Crippen molar-refractivity contribution >= 4 is 0 Å². The van der Waals surface area contributed by atoms with E-state index >= 15 is 0 Å². The van der Waals surface area contributed by atoms with Crippen molar-refractivity contribution in [2.24, 2.45) is 11.8 Å². The topological polar surface area (TPSA) is 0 Å². The van der Waals surface area contributed by atoms with Gasteiger partial charge in [-0.15, -0.1) is 12.0 Å². The molecular formula is C16H20Cl2Zr. The zero-order valence-corrected chi connectivity index (χ0v) is 15.4. The summed E-state index contributed by atoms with van der Waals surface area (Å²) in [6, 6.07) is 6.41. The fourth-order valence-electron chi connectivity index (χ4n) is 2.41. The summed E-state index contributed by atoms with van der Waals surface area (Å²) in [6.07, 6.45) is 14.1. The average molecular weight is 374 g/mol. The van der Waals surface area contributed by atoms with Gasteiger partial charge in [0.15, 0.2) is 0 Å². The molecule has 1 aromatic carbocycles. The normalized spacial score (nSPS) is 22.0. The summed E-state index contributed by atoms with van der Waals surface area (Å²) in [6.45, 7) is 4.21. The van der Waals surface area contributed by atoms with Crippen molar-refractivity contribution < 1.29 is 51.0 Å². The summed E-state index contributed by atoms with van der Waals surface area (Å²) in [7, 11) is 0. The number of halogens is 2. The minimum absolute atomic E-state index is 0. The maximum absolute atomic E-state index is 2.42. The zero-order valence-electron chi connectivity index (χ0n) is 11.4. The van der Waals surface area contributed by atoms with Crippen LogP contribution in [-0.4, -0.2) is 0 Å². The van der Waals surface area contributed by atoms with E-state index in [1.165, 1.54) is 24.0 Å². The first-order valence-corrected chi connectivity index (χ1v) is 6.14. The number of hydrogen-bond donors (Lipinski definition) is 0. The Morgan fingerprint density at radius 1 is 1.21 bits per heavy atom. The van der Waals surface area contributed by atoms with E-state index in [0.717, 1.165) is 11.8 Å². The molecule has 0 spiro atoms. The molecule has 2 aliphatic rings. The van der Waals surface area contributed by atoms with Gasteiger partial charge in [0, 0.05) is 0 Å². The molecule has 0 nitrogen and oxygen atoms in total. The molecule has 0 aliphatic heterocycles. The van der Waals surface area contributed by atoms with Crippen molar-refractivity contribution in [2.75, 3.05) is 0 Å². The Morgan fingerprint density at radius 3 is 2.37 bits per heavy atom. The summed E-state index contributed by atoms with van der Waals surface area (Å²) >= 11 is 0. The van der Waals surface area contributed by atoms with Crippen LogP contribution in [0.25, 0.3) is 0 Å². The Labute approximate surface area is 149 Å². The van der Waals surface area contributed by atoms with Crippen molar-refractivity contribution in [1.29, 1.82) is 0 Å². The Morgan fingerprint density at radius 2 is 1.89 bits per heavy atom. The van der Waals surface area contributed by atoms with Crippen LogP contribution in [0.2, 0.25) is 0 Å². The molecule has 0 bridgehead atoms. The molecule has 0 radical (unpaired) electrons. The van der Waals surface area contributed by atoms with E-state index in [-0.39, 0.29) is 51.0 Å². The van der Waals surface area contributed by atoms with Gasteiger partial charge in [-0.05, 0) is 5.92 Å². The van der Waals surface area contributed by atoms with Gasteiger partial charge in [0.05, 0.1) is 0 Å². The molecule has 2 aliphatic carbocycles. The first-order chi connectivity index (χ1) is 7.75. The van der Waals surface area contributed by atoms with Crippen molar-refractivity contribution in [3.8, 4) is 0 Å². The van der Waals surface area contributed by atoms with Crippen LogP contribution in [0.5, 0.6) is 0 Å². The summed E-state index contributed by atoms with van der Waals surface area (Å²) in [4.78, 5) is 0. The van der Waals surface area contributed by atoms with Gasteiger partial charge in [-0.2, -0.15) is 24.1 Å². The van der Waals surface area contributed by atoms with E-state index in [4.69, 9.17) is 0 Å². The van der Waals surface area contributed by atoms with Crippen molar-refractivity contribution in [1.82, 2.24) is 0 Å². The first kappa shape index (κ1) is 21.6. The van der Waals surface area contributed by atoms with E-state index in [0.29, 0.717) is 0 Å². The molecule has 2 unspecified atom stereocenters. The van der Waals surface area contributed by atoms with Gasteiger partial charge in [-0.25, -0.2) is 11.6 Å². The van der Waals surface area contributed by atoms with Crippen LogP contribution in [-0.2, 0) is 26.2 Å². The maximum Gasteiger partial charge on any atom is 4.00 e. The average Bonchev–Trinajstić information content (AvgIpc) is 2.88. The number of allylic oxidation sites excluding steroid dienone is 4. The fourth-order valence-corrected chi connectivity index (χ4v) is 2.41. The second-order valence-corrected chi connectivity index (χ2v) is 4.79. The molecule has 0 heterocycles. The Hall–Kier alpha value is 0.293. The SMILES string of the molecule is C1=CC2[CH-]CCC2C=C1.Cc1cc[c-](C)c1.[Cl-].[Cl-].[Zr+4]. The number of hydrogen-bond acceptors (Lipinski definition) is 0. The molecule has 3 rings (SSSR count). The van der Waals surface area contributed by atoms with Crippen molar-refractivity contribution in [2.45, 2.75) is 26.7 Å². The summed E-state index contributed by atoms with van der Waals surface area (Å²) in [5.74, 6) is 1.62. The van der Waals surface area contributed by atoms with Crippen LogP contribution in [0.4, 0.5) is 0 Å². The maximum atomic E-state index is 2.42. The minimum Gasteiger partial charge on any atom is -1.00 e. The van der Waals surface area contributed by atoms with Gasteiger partial charge < -0.3 is 31.2 Å². The van der Waals surface area contributed by atoms with Crippen LogP contribution >= 0.6 is 0 Å². The molecule has 1 saturated carbocycles. The van der Waals surface area contributed by atoms with E-state index < -0.39 is 0 Å². The molecule has 0 aromatic heterocycles.